The van der Waals surface area contributed by atoms with Crippen LogP contribution in [-0.4, -0.2) is 10.8 Å². The molecule has 0 aliphatic heterocycles. The average molecular weight is 268 g/mol. The van der Waals surface area contributed by atoms with Crippen molar-refractivity contribution in [3.8, 4) is 0 Å². The molecule has 3 N–H and O–H groups in total. The maximum absolute atomic E-state index is 13.3. The van der Waals surface area contributed by atoms with Crippen LogP contribution in [0, 0.1) is 12.7 Å². The van der Waals surface area contributed by atoms with Crippen LogP contribution >= 0.6 is 0 Å². The van der Waals surface area contributed by atoms with Gasteiger partial charge >= 0.3 is 0 Å². The van der Waals surface area contributed by atoms with Gasteiger partial charge in [0.15, 0.2) is 5.78 Å². The molecule has 0 spiro atoms. The molecule has 0 unspecified atom stereocenters. The Morgan fingerprint density at radius 1 is 1.20 bits per heavy atom. The summed E-state index contributed by atoms with van der Waals surface area (Å²) in [5, 5.41) is 0.587. The lowest BCUT2D eigenvalue weighted by Gasteiger charge is -2.04. The molecule has 100 valence electrons. The van der Waals surface area contributed by atoms with Crippen LogP contribution in [0.1, 0.15) is 21.5 Å². The Morgan fingerprint density at radius 2 is 2.00 bits per heavy atom. The Balaban J connectivity index is 2.12. The first kappa shape index (κ1) is 12.4. The van der Waals surface area contributed by atoms with Gasteiger partial charge in [-0.2, -0.15) is 0 Å². The smallest absolute Gasteiger partial charge is 0.195 e. The third-order valence-corrected chi connectivity index (χ3v) is 3.42. The Morgan fingerprint density at radius 3 is 2.75 bits per heavy atom. The van der Waals surface area contributed by atoms with Crippen LogP contribution in [0.15, 0.2) is 42.6 Å². The second-order valence-corrected chi connectivity index (χ2v) is 4.79. The van der Waals surface area contributed by atoms with Crippen molar-refractivity contribution in [2.75, 3.05) is 5.73 Å². The van der Waals surface area contributed by atoms with E-state index in [2.05, 4.69) is 4.98 Å². The fourth-order valence-corrected chi connectivity index (χ4v) is 2.25. The van der Waals surface area contributed by atoms with E-state index in [-0.39, 0.29) is 11.6 Å². The molecule has 0 saturated carbocycles. The van der Waals surface area contributed by atoms with Crippen molar-refractivity contribution in [2.45, 2.75) is 6.92 Å². The molecular formula is C16H13FN2O. The summed E-state index contributed by atoms with van der Waals surface area (Å²) in [4.78, 5) is 15.5. The lowest BCUT2D eigenvalue weighted by molar-refractivity contribution is 0.104. The summed E-state index contributed by atoms with van der Waals surface area (Å²) < 4.78 is 13.3. The maximum atomic E-state index is 13.3. The third kappa shape index (κ3) is 1.95. The van der Waals surface area contributed by atoms with Crippen LogP contribution in [0.5, 0.6) is 0 Å². The number of benzene rings is 2. The van der Waals surface area contributed by atoms with Gasteiger partial charge in [0.2, 0.25) is 0 Å². The topological polar surface area (TPSA) is 58.9 Å². The van der Waals surface area contributed by atoms with E-state index >= 15 is 0 Å². The normalized spacial score (nSPS) is 10.9. The van der Waals surface area contributed by atoms with Crippen molar-refractivity contribution in [1.82, 2.24) is 4.98 Å². The summed E-state index contributed by atoms with van der Waals surface area (Å²) in [5.74, 6) is -0.510. The van der Waals surface area contributed by atoms with Gasteiger partial charge in [-0.25, -0.2) is 4.39 Å². The second-order valence-electron chi connectivity index (χ2n) is 4.79. The van der Waals surface area contributed by atoms with E-state index in [9.17, 15) is 9.18 Å². The van der Waals surface area contributed by atoms with E-state index in [1.165, 1.54) is 12.1 Å². The molecule has 0 fully saturated rings. The summed E-state index contributed by atoms with van der Waals surface area (Å²) in [6.45, 7) is 1.85. The molecule has 0 atom stereocenters. The first-order valence-corrected chi connectivity index (χ1v) is 6.24. The molecular weight excluding hydrogens is 255 g/mol. The number of halogens is 1. The number of aromatic amines is 1. The van der Waals surface area contributed by atoms with Gasteiger partial charge in [0, 0.05) is 33.9 Å². The number of hydrogen-bond donors (Lipinski definition) is 2. The van der Waals surface area contributed by atoms with Gasteiger partial charge in [0.05, 0.1) is 0 Å². The SMILES string of the molecule is Cc1cc(C(=O)c2c[nH]c3ccc(F)cc23)ccc1N. The van der Waals surface area contributed by atoms with E-state index in [4.69, 9.17) is 5.73 Å². The Hall–Kier alpha value is -2.62. The van der Waals surface area contributed by atoms with Crippen molar-refractivity contribution < 1.29 is 9.18 Å². The minimum atomic E-state index is -0.361. The van der Waals surface area contributed by atoms with Crippen LogP contribution in [-0.2, 0) is 0 Å². The zero-order valence-corrected chi connectivity index (χ0v) is 10.9. The van der Waals surface area contributed by atoms with Gasteiger partial charge in [-0.15, -0.1) is 0 Å². The Labute approximate surface area is 115 Å². The van der Waals surface area contributed by atoms with Crippen LogP contribution in [0.4, 0.5) is 10.1 Å². The summed E-state index contributed by atoms with van der Waals surface area (Å²) in [6, 6.07) is 9.48. The summed E-state index contributed by atoms with van der Waals surface area (Å²) in [6.07, 6.45) is 1.61. The van der Waals surface area contributed by atoms with E-state index in [1.807, 2.05) is 6.92 Å². The van der Waals surface area contributed by atoms with Gasteiger partial charge in [-0.3, -0.25) is 4.79 Å². The minimum Gasteiger partial charge on any atom is -0.399 e. The van der Waals surface area contributed by atoms with Crippen LogP contribution in [0.25, 0.3) is 10.9 Å². The molecule has 0 saturated heterocycles. The zero-order valence-electron chi connectivity index (χ0n) is 10.9. The number of carbonyl (C=O) groups is 1. The number of aryl methyl sites for hydroxylation is 1. The predicted molar refractivity (Wildman–Crippen MR) is 77.3 cm³/mol. The second kappa shape index (κ2) is 4.49. The number of fused-ring (bicyclic) bond motifs is 1. The van der Waals surface area contributed by atoms with Crippen molar-refractivity contribution in [2.24, 2.45) is 0 Å². The number of rotatable bonds is 2. The molecule has 0 aliphatic rings. The molecule has 1 heterocycles. The molecule has 0 radical (unpaired) electrons. The van der Waals surface area contributed by atoms with Crippen LogP contribution in [0.2, 0.25) is 0 Å². The van der Waals surface area contributed by atoms with Crippen LogP contribution in [0.3, 0.4) is 0 Å². The van der Waals surface area contributed by atoms with Crippen molar-refractivity contribution >= 4 is 22.4 Å². The molecule has 0 aliphatic carbocycles. The number of anilines is 1. The van der Waals surface area contributed by atoms with Gasteiger partial charge in [0.25, 0.3) is 0 Å². The highest BCUT2D eigenvalue weighted by molar-refractivity contribution is 6.16. The quantitative estimate of drug-likeness (QED) is 0.552. The van der Waals surface area contributed by atoms with E-state index in [0.29, 0.717) is 22.2 Å². The molecule has 20 heavy (non-hydrogen) atoms. The van der Waals surface area contributed by atoms with Gasteiger partial charge < -0.3 is 10.7 Å². The first-order chi connectivity index (χ1) is 9.56. The molecule has 3 aromatic rings. The number of carbonyl (C=O) groups excluding carboxylic acids is 1. The highest BCUT2D eigenvalue weighted by Crippen LogP contribution is 2.23. The third-order valence-electron chi connectivity index (χ3n) is 3.42. The van der Waals surface area contributed by atoms with Crippen molar-refractivity contribution in [3.63, 3.8) is 0 Å². The first-order valence-electron chi connectivity index (χ1n) is 6.24. The molecule has 2 aromatic carbocycles. The van der Waals surface area contributed by atoms with Crippen molar-refractivity contribution in [1.29, 1.82) is 0 Å². The summed E-state index contributed by atoms with van der Waals surface area (Å²) >= 11 is 0. The van der Waals surface area contributed by atoms with Gasteiger partial charge in [0.1, 0.15) is 5.82 Å². The Bertz CT molecular complexity index is 820. The molecule has 0 bridgehead atoms. The van der Waals surface area contributed by atoms with Gasteiger partial charge in [-0.05, 0) is 48.9 Å². The number of H-pyrrole nitrogens is 1. The predicted octanol–water partition coefficient (Wildman–Crippen LogP) is 3.43. The highest BCUT2D eigenvalue weighted by atomic mass is 19.1. The molecule has 1 aromatic heterocycles. The molecule has 3 rings (SSSR count). The summed E-state index contributed by atoms with van der Waals surface area (Å²) in [7, 11) is 0. The minimum absolute atomic E-state index is 0.148. The average Bonchev–Trinajstić information content (AvgIpc) is 2.84. The zero-order chi connectivity index (χ0) is 14.3. The summed E-state index contributed by atoms with van der Waals surface area (Å²) in [5.41, 5.74) is 8.99. The number of nitrogens with one attached hydrogen (secondary N) is 1. The highest BCUT2D eigenvalue weighted by Gasteiger charge is 2.15. The van der Waals surface area contributed by atoms with E-state index in [1.54, 1.807) is 30.5 Å². The monoisotopic (exact) mass is 268 g/mol. The Kier molecular flexibility index (Phi) is 2.79. The fraction of sp³-hybridized carbons (Fsp3) is 0.0625. The number of nitrogens with two attached hydrogens (primary N) is 1. The number of ketones is 1. The standard InChI is InChI=1S/C16H13FN2O/c1-9-6-10(2-4-14(9)18)16(20)13-8-19-15-5-3-11(17)7-12(13)15/h2-8,19H,18H2,1H3. The van der Waals surface area contributed by atoms with E-state index < -0.39 is 0 Å². The molecule has 4 heteroatoms. The number of aromatic nitrogens is 1. The lowest BCUT2D eigenvalue weighted by atomic mass is 10.0. The number of hydrogen-bond acceptors (Lipinski definition) is 2. The molecule has 0 amide bonds. The molecule has 3 nitrogen and oxygen atoms in total. The van der Waals surface area contributed by atoms with Crippen molar-refractivity contribution in [3.05, 3.63) is 65.1 Å². The maximum Gasteiger partial charge on any atom is 0.195 e. The fourth-order valence-electron chi connectivity index (χ4n) is 2.25. The van der Waals surface area contributed by atoms with E-state index in [0.717, 1.165) is 11.1 Å². The van der Waals surface area contributed by atoms with Crippen LogP contribution < -0.4 is 5.73 Å². The number of nitrogen functional groups attached to an aromatic ring is 1. The lowest BCUT2D eigenvalue weighted by Crippen LogP contribution is -2.02. The van der Waals surface area contributed by atoms with Gasteiger partial charge in [-0.1, -0.05) is 0 Å². The largest absolute Gasteiger partial charge is 0.399 e.